The van der Waals surface area contributed by atoms with Crippen molar-refractivity contribution >= 4 is 13.3 Å². The lowest BCUT2D eigenvalue weighted by molar-refractivity contribution is 0.244. The fourth-order valence-electron chi connectivity index (χ4n) is 3.46. The highest BCUT2D eigenvalue weighted by molar-refractivity contribution is 6.89. The van der Waals surface area contributed by atoms with Gasteiger partial charge in [-0.1, -0.05) is 90.5 Å². The van der Waals surface area contributed by atoms with E-state index in [0.717, 1.165) is 5.69 Å². The van der Waals surface area contributed by atoms with Crippen molar-refractivity contribution in [1.29, 1.82) is 0 Å². The van der Waals surface area contributed by atoms with Gasteiger partial charge < -0.3 is 0 Å². The Balaban J connectivity index is 2.61. The summed E-state index contributed by atoms with van der Waals surface area (Å²) in [5.41, 5.74) is 4.18. The molecule has 1 unspecified atom stereocenters. The average molecular weight is 340 g/mol. The van der Waals surface area contributed by atoms with Crippen molar-refractivity contribution in [2.75, 3.05) is 0 Å². The molecule has 2 aromatic rings. The summed E-state index contributed by atoms with van der Waals surface area (Å²) in [6.07, 6.45) is 4.59. The van der Waals surface area contributed by atoms with Crippen LogP contribution in [0.25, 0.3) is 11.3 Å². The minimum Gasteiger partial charge on any atom is -0.256 e. The summed E-state index contributed by atoms with van der Waals surface area (Å²) in [5.74, 6) is 0.541. The van der Waals surface area contributed by atoms with Crippen LogP contribution in [0, 0.1) is 5.41 Å². The fraction of sp³-hybridized carbons (Fsp3) is 0.500. The second-order valence-electron chi connectivity index (χ2n) is 8.36. The molecule has 2 heteroatoms. The minimum absolute atomic E-state index is 0.337. The first kappa shape index (κ1) is 18.9. The van der Waals surface area contributed by atoms with Gasteiger partial charge in [-0.05, 0) is 28.1 Å². The van der Waals surface area contributed by atoms with Crippen LogP contribution < -0.4 is 5.19 Å². The molecular formula is C22H33NSi. The quantitative estimate of drug-likeness (QED) is 0.569. The highest BCUT2D eigenvalue weighted by Gasteiger charge is 2.33. The Morgan fingerprint density at radius 1 is 1.04 bits per heavy atom. The lowest BCUT2D eigenvalue weighted by Crippen LogP contribution is -2.42. The summed E-state index contributed by atoms with van der Waals surface area (Å²) in [4.78, 5) is 4.83. The zero-order valence-corrected chi connectivity index (χ0v) is 17.5. The molecule has 0 radical (unpaired) electrons. The van der Waals surface area contributed by atoms with Crippen LogP contribution in [0.1, 0.15) is 52.0 Å². The molecule has 1 heterocycles. The second kappa shape index (κ2) is 7.22. The molecule has 1 aromatic heterocycles. The van der Waals surface area contributed by atoms with Crippen LogP contribution in [0.15, 0.2) is 42.6 Å². The van der Waals surface area contributed by atoms with Crippen LogP contribution in [0.3, 0.4) is 0 Å². The first-order valence-electron chi connectivity index (χ1n) is 9.28. The molecule has 0 aliphatic carbocycles. The number of aromatic nitrogens is 1. The van der Waals surface area contributed by atoms with Gasteiger partial charge in [0.25, 0.3) is 0 Å². The van der Waals surface area contributed by atoms with Gasteiger partial charge in [-0.2, -0.15) is 0 Å². The molecule has 0 bridgehead atoms. The van der Waals surface area contributed by atoms with Gasteiger partial charge in [0.15, 0.2) is 0 Å². The van der Waals surface area contributed by atoms with Crippen LogP contribution in [-0.2, 0) is 0 Å². The van der Waals surface area contributed by atoms with Gasteiger partial charge in [-0.3, -0.25) is 4.98 Å². The Morgan fingerprint density at radius 2 is 1.62 bits per heavy atom. The van der Waals surface area contributed by atoms with E-state index in [9.17, 15) is 0 Å². The lowest BCUT2D eigenvalue weighted by Gasteiger charge is -2.37. The third-order valence-corrected chi connectivity index (χ3v) is 7.97. The van der Waals surface area contributed by atoms with Gasteiger partial charge in [0.1, 0.15) is 0 Å². The summed E-state index contributed by atoms with van der Waals surface area (Å²) >= 11 is 0. The highest BCUT2D eigenvalue weighted by Crippen LogP contribution is 2.41. The Labute approximate surface area is 149 Å². The van der Waals surface area contributed by atoms with Crippen molar-refractivity contribution in [3.8, 4) is 11.3 Å². The van der Waals surface area contributed by atoms with E-state index in [1.54, 1.807) is 0 Å². The van der Waals surface area contributed by atoms with Crippen LogP contribution >= 0.6 is 0 Å². The van der Waals surface area contributed by atoms with Gasteiger partial charge in [0.05, 0.1) is 13.8 Å². The summed E-state index contributed by atoms with van der Waals surface area (Å²) in [7, 11) is -1.43. The highest BCUT2D eigenvalue weighted by atomic mass is 28.3. The van der Waals surface area contributed by atoms with Crippen LogP contribution in [0.2, 0.25) is 19.6 Å². The smallest absolute Gasteiger partial charge is 0.0799 e. The van der Waals surface area contributed by atoms with Gasteiger partial charge >= 0.3 is 0 Å². The zero-order valence-electron chi connectivity index (χ0n) is 16.5. The number of rotatable bonds is 6. The molecule has 0 aliphatic heterocycles. The maximum atomic E-state index is 4.83. The first-order valence-corrected chi connectivity index (χ1v) is 12.8. The second-order valence-corrected chi connectivity index (χ2v) is 13.4. The van der Waals surface area contributed by atoms with Crippen molar-refractivity contribution in [2.24, 2.45) is 5.41 Å². The summed E-state index contributed by atoms with van der Waals surface area (Å²) in [5, 5.41) is 1.52. The Hall–Kier alpha value is -1.41. The molecule has 2 rings (SSSR count). The molecule has 0 fully saturated rings. The van der Waals surface area contributed by atoms with E-state index in [0.29, 0.717) is 11.3 Å². The Kier molecular flexibility index (Phi) is 5.69. The fourth-order valence-corrected chi connectivity index (χ4v) is 5.07. The third kappa shape index (κ3) is 3.80. The number of hydrogen-bond donors (Lipinski definition) is 0. The van der Waals surface area contributed by atoms with Gasteiger partial charge in [-0.25, -0.2) is 0 Å². The number of pyridine rings is 1. The standard InChI is InChI=1S/C22H33NSi/c1-8-22(4,9-2)17(3)19-15-20(18-13-11-10-12-14-18)23-16-21(19)24(5,6)7/h10-17H,8-9H2,1-7H3. The monoisotopic (exact) mass is 339 g/mol. The van der Waals surface area contributed by atoms with E-state index in [1.807, 2.05) is 0 Å². The first-order chi connectivity index (χ1) is 11.2. The van der Waals surface area contributed by atoms with E-state index >= 15 is 0 Å². The normalized spacial score (nSPS) is 13.8. The molecule has 1 atom stereocenters. The largest absolute Gasteiger partial charge is 0.256 e. The summed E-state index contributed by atoms with van der Waals surface area (Å²) in [6.45, 7) is 16.8. The third-order valence-electron chi connectivity index (χ3n) is 5.94. The summed E-state index contributed by atoms with van der Waals surface area (Å²) in [6, 6.07) is 12.9. The zero-order chi connectivity index (χ0) is 18.0. The molecular weight excluding hydrogens is 306 g/mol. The predicted molar refractivity (Wildman–Crippen MR) is 110 cm³/mol. The van der Waals surface area contributed by atoms with Gasteiger partial charge in [0.2, 0.25) is 0 Å². The predicted octanol–water partition coefficient (Wildman–Crippen LogP) is 6.22. The van der Waals surface area contributed by atoms with Crippen molar-refractivity contribution in [3.05, 3.63) is 48.2 Å². The molecule has 0 saturated carbocycles. The Morgan fingerprint density at radius 3 is 2.12 bits per heavy atom. The van der Waals surface area contributed by atoms with E-state index in [1.165, 1.54) is 29.2 Å². The number of benzene rings is 1. The van der Waals surface area contributed by atoms with Crippen molar-refractivity contribution in [2.45, 2.75) is 66.1 Å². The number of hydrogen-bond acceptors (Lipinski definition) is 1. The number of nitrogens with zero attached hydrogens (tertiary/aromatic N) is 1. The van der Waals surface area contributed by atoms with Crippen LogP contribution in [0.4, 0.5) is 0 Å². The van der Waals surface area contributed by atoms with Gasteiger partial charge in [-0.15, -0.1) is 0 Å². The molecule has 130 valence electrons. The van der Waals surface area contributed by atoms with Crippen LogP contribution in [-0.4, -0.2) is 13.1 Å². The van der Waals surface area contributed by atoms with E-state index in [4.69, 9.17) is 4.98 Å². The van der Waals surface area contributed by atoms with E-state index in [-0.39, 0.29) is 0 Å². The minimum atomic E-state index is -1.43. The maximum Gasteiger partial charge on any atom is 0.0799 e. The van der Waals surface area contributed by atoms with Crippen molar-refractivity contribution < 1.29 is 0 Å². The van der Waals surface area contributed by atoms with Crippen molar-refractivity contribution in [1.82, 2.24) is 4.98 Å². The van der Waals surface area contributed by atoms with E-state index in [2.05, 4.69) is 89.9 Å². The van der Waals surface area contributed by atoms with Crippen LogP contribution in [0.5, 0.6) is 0 Å². The molecule has 0 spiro atoms. The van der Waals surface area contributed by atoms with E-state index < -0.39 is 8.07 Å². The maximum absolute atomic E-state index is 4.83. The molecule has 1 aromatic carbocycles. The average Bonchev–Trinajstić information content (AvgIpc) is 2.59. The molecule has 1 nitrogen and oxygen atoms in total. The van der Waals surface area contributed by atoms with Gasteiger partial charge in [0, 0.05) is 11.8 Å². The topological polar surface area (TPSA) is 12.9 Å². The van der Waals surface area contributed by atoms with Crippen molar-refractivity contribution in [3.63, 3.8) is 0 Å². The Bertz CT molecular complexity index is 666. The molecule has 0 amide bonds. The molecule has 0 N–H and O–H groups in total. The summed E-state index contributed by atoms with van der Waals surface area (Å²) < 4.78 is 0. The lowest BCUT2D eigenvalue weighted by atomic mass is 9.71. The molecule has 0 aliphatic rings. The molecule has 24 heavy (non-hydrogen) atoms. The molecule has 0 saturated heterocycles. The SMILES string of the molecule is CCC(C)(CC)C(C)c1cc(-c2ccccc2)ncc1[Si](C)(C)C.